The van der Waals surface area contributed by atoms with Crippen LogP contribution in [0.1, 0.15) is 0 Å². The number of anilines is 2. The van der Waals surface area contributed by atoms with Gasteiger partial charge in [0.1, 0.15) is 0 Å². The minimum Gasteiger partial charge on any atom is -0.396 e. The van der Waals surface area contributed by atoms with E-state index in [1.807, 2.05) is 0 Å². The summed E-state index contributed by atoms with van der Waals surface area (Å²) in [5, 5.41) is 1.58. The van der Waals surface area contributed by atoms with E-state index < -0.39 is 5.82 Å². The summed E-state index contributed by atoms with van der Waals surface area (Å²) in [7, 11) is 0. The summed E-state index contributed by atoms with van der Waals surface area (Å²) < 4.78 is 14.4. The summed E-state index contributed by atoms with van der Waals surface area (Å²) in [6.45, 7) is 0. The average molecular weight is 289 g/mol. The first-order chi connectivity index (χ1) is 9.59. The Bertz CT molecular complexity index is 820. The highest BCUT2D eigenvalue weighted by molar-refractivity contribution is 6.35. The molecule has 4 nitrogen and oxygen atoms in total. The number of nitrogens with two attached hydrogens (primary N) is 2. The maximum absolute atomic E-state index is 14.4. The lowest BCUT2D eigenvalue weighted by atomic mass is 10.0. The SMILES string of the molecule is Nc1cncc(-c2cc3ccncc3c(N)c2F)c1Cl. The highest BCUT2D eigenvalue weighted by Gasteiger charge is 2.16. The van der Waals surface area contributed by atoms with Crippen LogP contribution in [0.25, 0.3) is 21.9 Å². The Kier molecular flexibility index (Phi) is 2.91. The van der Waals surface area contributed by atoms with Gasteiger partial charge in [-0.25, -0.2) is 4.39 Å². The molecule has 3 aromatic rings. The number of nitrogens with zero attached hydrogens (tertiary/aromatic N) is 2. The molecule has 20 heavy (non-hydrogen) atoms. The Balaban J connectivity index is 2.37. The lowest BCUT2D eigenvalue weighted by molar-refractivity contribution is 0.637. The Morgan fingerprint density at radius 1 is 1.05 bits per heavy atom. The van der Waals surface area contributed by atoms with E-state index in [0.717, 1.165) is 5.39 Å². The second-order valence-corrected chi connectivity index (χ2v) is 4.72. The van der Waals surface area contributed by atoms with Crippen LogP contribution in [0.15, 0.2) is 36.9 Å². The molecular weight excluding hydrogens is 279 g/mol. The molecule has 0 bridgehead atoms. The molecule has 4 N–H and O–H groups in total. The van der Waals surface area contributed by atoms with Gasteiger partial charge >= 0.3 is 0 Å². The Morgan fingerprint density at radius 3 is 2.65 bits per heavy atom. The van der Waals surface area contributed by atoms with E-state index in [2.05, 4.69) is 9.97 Å². The van der Waals surface area contributed by atoms with Crippen molar-refractivity contribution in [3.8, 4) is 11.1 Å². The first-order valence-corrected chi connectivity index (χ1v) is 6.18. The summed E-state index contributed by atoms with van der Waals surface area (Å²) in [5.74, 6) is -0.556. The van der Waals surface area contributed by atoms with Crippen molar-refractivity contribution in [2.75, 3.05) is 11.5 Å². The van der Waals surface area contributed by atoms with Gasteiger partial charge in [-0.15, -0.1) is 0 Å². The van der Waals surface area contributed by atoms with Crippen LogP contribution < -0.4 is 11.5 Å². The topological polar surface area (TPSA) is 77.8 Å². The highest BCUT2D eigenvalue weighted by atomic mass is 35.5. The fraction of sp³-hybridized carbons (Fsp3) is 0. The third-order valence-corrected chi connectivity index (χ3v) is 3.54. The fourth-order valence-corrected chi connectivity index (χ4v) is 2.28. The predicted molar refractivity (Wildman–Crippen MR) is 78.8 cm³/mol. The quantitative estimate of drug-likeness (QED) is 0.674. The number of benzene rings is 1. The molecule has 1 aromatic carbocycles. The molecule has 6 heteroatoms. The van der Waals surface area contributed by atoms with E-state index in [4.69, 9.17) is 23.1 Å². The van der Waals surface area contributed by atoms with Crippen LogP contribution in [0, 0.1) is 5.82 Å². The minimum atomic E-state index is -0.556. The average Bonchev–Trinajstić information content (AvgIpc) is 2.46. The molecule has 0 unspecified atom stereocenters. The van der Waals surface area contributed by atoms with Gasteiger partial charge in [0.25, 0.3) is 0 Å². The maximum atomic E-state index is 14.4. The van der Waals surface area contributed by atoms with Gasteiger partial charge in [-0.2, -0.15) is 0 Å². The molecular formula is C14H10ClFN4. The van der Waals surface area contributed by atoms with Crippen LogP contribution in [0.5, 0.6) is 0 Å². The first kappa shape index (κ1) is 12.6. The van der Waals surface area contributed by atoms with Crippen molar-refractivity contribution in [1.29, 1.82) is 0 Å². The van der Waals surface area contributed by atoms with Gasteiger partial charge in [0.2, 0.25) is 0 Å². The van der Waals surface area contributed by atoms with Crippen LogP contribution in [0.2, 0.25) is 5.02 Å². The van der Waals surface area contributed by atoms with Crippen LogP contribution in [-0.2, 0) is 0 Å². The standard InChI is InChI=1S/C14H10ClFN4/c15-12-10(5-20-6-11(12)17)8-3-7-1-2-19-4-9(7)14(18)13(8)16/h1-6H,17-18H2. The number of halogens is 2. The van der Waals surface area contributed by atoms with Crippen molar-refractivity contribution in [3.05, 3.63) is 47.8 Å². The Morgan fingerprint density at radius 2 is 1.85 bits per heavy atom. The number of rotatable bonds is 1. The number of fused-ring (bicyclic) bond motifs is 1. The van der Waals surface area contributed by atoms with Gasteiger partial charge in [-0.3, -0.25) is 9.97 Å². The number of nitrogen functional groups attached to an aromatic ring is 2. The van der Waals surface area contributed by atoms with Gasteiger partial charge in [0.15, 0.2) is 5.82 Å². The van der Waals surface area contributed by atoms with Crippen LogP contribution in [0.3, 0.4) is 0 Å². The van der Waals surface area contributed by atoms with Gasteiger partial charge < -0.3 is 11.5 Å². The fourth-order valence-electron chi connectivity index (χ4n) is 2.08. The molecule has 0 aliphatic heterocycles. The molecule has 0 saturated heterocycles. The smallest absolute Gasteiger partial charge is 0.154 e. The highest BCUT2D eigenvalue weighted by Crippen LogP contribution is 2.37. The van der Waals surface area contributed by atoms with Crippen LogP contribution >= 0.6 is 11.6 Å². The van der Waals surface area contributed by atoms with Crippen molar-refractivity contribution in [2.24, 2.45) is 0 Å². The van der Waals surface area contributed by atoms with Crippen LogP contribution in [-0.4, -0.2) is 9.97 Å². The third kappa shape index (κ3) is 1.83. The molecule has 0 fully saturated rings. The van der Waals surface area contributed by atoms with Crippen molar-refractivity contribution in [1.82, 2.24) is 9.97 Å². The minimum absolute atomic E-state index is 0.0316. The molecule has 0 radical (unpaired) electrons. The lowest BCUT2D eigenvalue weighted by Crippen LogP contribution is -1.98. The van der Waals surface area contributed by atoms with Crippen molar-refractivity contribution in [3.63, 3.8) is 0 Å². The summed E-state index contributed by atoms with van der Waals surface area (Å²) in [5.41, 5.74) is 12.5. The van der Waals surface area contributed by atoms with Gasteiger partial charge in [-0.05, 0) is 17.5 Å². The molecule has 0 aliphatic carbocycles. The zero-order valence-corrected chi connectivity index (χ0v) is 11.0. The van der Waals surface area contributed by atoms with Crippen molar-refractivity contribution in [2.45, 2.75) is 0 Å². The Hall–Kier alpha value is -2.40. The molecule has 0 aliphatic rings. The molecule has 2 heterocycles. The molecule has 0 spiro atoms. The monoisotopic (exact) mass is 288 g/mol. The van der Waals surface area contributed by atoms with E-state index >= 15 is 0 Å². The summed E-state index contributed by atoms with van der Waals surface area (Å²) >= 11 is 6.12. The number of hydrogen-bond donors (Lipinski definition) is 2. The largest absolute Gasteiger partial charge is 0.396 e. The van der Waals surface area contributed by atoms with E-state index in [1.165, 1.54) is 18.6 Å². The summed E-state index contributed by atoms with van der Waals surface area (Å²) in [6, 6.07) is 3.41. The van der Waals surface area contributed by atoms with Gasteiger partial charge in [0.05, 0.1) is 22.6 Å². The molecule has 3 rings (SSSR count). The second kappa shape index (κ2) is 4.61. The molecule has 100 valence electrons. The van der Waals surface area contributed by atoms with Crippen LogP contribution in [0.4, 0.5) is 15.8 Å². The van der Waals surface area contributed by atoms with E-state index in [9.17, 15) is 4.39 Å². The van der Waals surface area contributed by atoms with Crippen molar-refractivity contribution < 1.29 is 4.39 Å². The molecule has 0 saturated carbocycles. The van der Waals surface area contributed by atoms with Crippen molar-refractivity contribution >= 4 is 33.7 Å². The van der Waals surface area contributed by atoms with Gasteiger partial charge in [0, 0.05) is 35.1 Å². The number of pyridine rings is 2. The third-order valence-electron chi connectivity index (χ3n) is 3.12. The summed E-state index contributed by atoms with van der Waals surface area (Å²) in [6.07, 6.45) is 6.01. The molecule has 0 amide bonds. The number of aromatic nitrogens is 2. The van der Waals surface area contributed by atoms with E-state index in [0.29, 0.717) is 10.9 Å². The second-order valence-electron chi connectivity index (χ2n) is 4.34. The van der Waals surface area contributed by atoms with E-state index in [-0.39, 0.29) is 22.0 Å². The number of hydrogen-bond acceptors (Lipinski definition) is 4. The van der Waals surface area contributed by atoms with Gasteiger partial charge in [-0.1, -0.05) is 11.6 Å². The molecule has 2 aromatic heterocycles. The van der Waals surface area contributed by atoms with E-state index in [1.54, 1.807) is 18.3 Å². The normalized spacial score (nSPS) is 10.9. The zero-order chi connectivity index (χ0) is 14.3. The maximum Gasteiger partial charge on any atom is 0.154 e. The zero-order valence-electron chi connectivity index (χ0n) is 10.3. The lowest BCUT2D eigenvalue weighted by Gasteiger charge is -2.11. The molecule has 0 atom stereocenters. The Labute approximate surface area is 119 Å². The first-order valence-electron chi connectivity index (χ1n) is 5.80. The predicted octanol–water partition coefficient (Wildman–Crippen LogP) is 3.25. The summed E-state index contributed by atoms with van der Waals surface area (Å²) in [4.78, 5) is 7.89.